The number of rotatable bonds is 5. The Labute approximate surface area is 147 Å². The SMILES string of the molecule is O=C(c1ccc(Cn2cccn2)o1)N1CCC[C@@H]1CN1CCOCC1. The summed E-state index contributed by atoms with van der Waals surface area (Å²) in [7, 11) is 0. The van der Waals surface area contributed by atoms with Crippen molar-refractivity contribution in [3.63, 3.8) is 0 Å². The summed E-state index contributed by atoms with van der Waals surface area (Å²) in [5.41, 5.74) is 0. The van der Waals surface area contributed by atoms with Gasteiger partial charge in [-0.2, -0.15) is 5.10 Å². The number of aromatic nitrogens is 2. The molecule has 2 aromatic heterocycles. The van der Waals surface area contributed by atoms with Crippen molar-refractivity contribution in [1.82, 2.24) is 19.6 Å². The molecule has 0 radical (unpaired) electrons. The molecule has 0 saturated carbocycles. The number of carbonyl (C=O) groups is 1. The van der Waals surface area contributed by atoms with Gasteiger partial charge in [-0.1, -0.05) is 0 Å². The third-order valence-electron chi connectivity index (χ3n) is 4.96. The van der Waals surface area contributed by atoms with Gasteiger partial charge in [0.2, 0.25) is 0 Å². The molecule has 0 unspecified atom stereocenters. The van der Waals surface area contributed by atoms with Crippen LogP contribution in [0.1, 0.15) is 29.2 Å². The number of nitrogens with zero attached hydrogens (tertiary/aromatic N) is 4. The van der Waals surface area contributed by atoms with Crippen molar-refractivity contribution < 1.29 is 13.9 Å². The molecule has 0 spiro atoms. The molecule has 7 heteroatoms. The van der Waals surface area contributed by atoms with Crippen LogP contribution in [-0.4, -0.2) is 70.9 Å². The second kappa shape index (κ2) is 7.41. The lowest BCUT2D eigenvalue weighted by atomic mass is 10.2. The normalized spacial score (nSPS) is 21.8. The first-order valence-electron chi connectivity index (χ1n) is 8.97. The van der Waals surface area contributed by atoms with Gasteiger partial charge in [-0.15, -0.1) is 0 Å². The summed E-state index contributed by atoms with van der Waals surface area (Å²) < 4.78 is 13.0. The highest BCUT2D eigenvalue weighted by Crippen LogP contribution is 2.22. The molecule has 1 amide bonds. The number of furan rings is 1. The smallest absolute Gasteiger partial charge is 0.289 e. The Hall–Kier alpha value is -2.12. The van der Waals surface area contributed by atoms with Crippen LogP contribution in [0, 0.1) is 0 Å². The Kier molecular flexibility index (Phi) is 4.85. The van der Waals surface area contributed by atoms with Crippen molar-refractivity contribution >= 4 is 5.91 Å². The Morgan fingerprint density at radius 3 is 2.92 bits per heavy atom. The van der Waals surface area contributed by atoms with Gasteiger partial charge in [0.15, 0.2) is 5.76 Å². The van der Waals surface area contributed by atoms with Crippen molar-refractivity contribution in [3.8, 4) is 0 Å². The molecule has 0 bridgehead atoms. The van der Waals surface area contributed by atoms with E-state index in [0.717, 1.165) is 58.0 Å². The van der Waals surface area contributed by atoms with E-state index < -0.39 is 0 Å². The predicted molar refractivity (Wildman–Crippen MR) is 91.4 cm³/mol. The second-order valence-electron chi connectivity index (χ2n) is 6.68. The molecule has 2 aromatic rings. The minimum atomic E-state index is 0.00229. The summed E-state index contributed by atoms with van der Waals surface area (Å²) in [6.07, 6.45) is 5.73. The molecule has 0 N–H and O–H groups in total. The van der Waals surface area contributed by atoms with Gasteiger partial charge >= 0.3 is 0 Å². The molecule has 25 heavy (non-hydrogen) atoms. The van der Waals surface area contributed by atoms with Gasteiger partial charge in [0.25, 0.3) is 5.91 Å². The van der Waals surface area contributed by atoms with Crippen molar-refractivity contribution in [2.75, 3.05) is 39.4 Å². The van der Waals surface area contributed by atoms with E-state index in [2.05, 4.69) is 10.00 Å². The average Bonchev–Trinajstić information content (AvgIpc) is 3.38. The first kappa shape index (κ1) is 16.4. The van der Waals surface area contributed by atoms with Gasteiger partial charge in [-0.3, -0.25) is 14.4 Å². The monoisotopic (exact) mass is 344 g/mol. The fourth-order valence-corrected chi connectivity index (χ4v) is 3.65. The van der Waals surface area contributed by atoms with Crippen LogP contribution >= 0.6 is 0 Å². The largest absolute Gasteiger partial charge is 0.454 e. The van der Waals surface area contributed by atoms with Crippen LogP contribution in [0.5, 0.6) is 0 Å². The molecule has 2 fully saturated rings. The Bertz CT molecular complexity index is 691. The van der Waals surface area contributed by atoms with E-state index in [1.54, 1.807) is 16.9 Å². The maximum atomic E-state index is 12.9. The number of amides is 1. The van der Waals surface area contributed by atoms with Gasteiger partial charge in [0.05, 0.1) is 19.8 Å². The van der Waals surface area contributed by atoms with E-state index in [9.17, 15) is 4.79 Å². The minimum absolute atomic E-state index is 0.00229. The Balaban J connectivity index is 1.40. The highest BCUT2D eigenvalue weighted by atomic mass is 16.5. The highest BCUT2D eigenvalue weighted by Gasteiger charge is 2.32. The van der Waals surface area contributed by atoms with Gasteiger partial charge in [-0.05, 0) is 31.0 Å². The zero-order valence-corrected chi connectivity index (χ0v) is 14.3. The van der Waals surface area contributed by atoms with Crippen LogP contribution in [0.3, 0.4) is 0 Å². The van der Waals surface area contributed by atoms with E-state index in [1.165, 1.54) is 0 Å². The third-order valence-corrected chi connectivity index (χ3v) is 4.96. The van der Waals surface area contributed by atoms with E-state index >= 15 is 0 Å². The fourth-order valence-electron chi connectivity index (χ4n) is 3.65. The molecule has 4 heterocycles. The van der Waals surface area contributed by atoms with E-state index in [4.69, 9.17) is 9.15 Å². The number of hydrogen-bond acceptors (Lipinski definition) is 5. The Morgan fingerprint density at radius 1 is 1.24 bits per heavy atom. The number of likely N-dealkylation sites (tertiary alicyclic amines) is 1. The number of carbonyl (C=O) groups excluding carboxylic acids is 1. The molecule has 2 saturated heterocycles. The van der Waals surface area contributed by atoms with Crippen molar-refractivity contribution in [2.45, 2.75) is 25.4 Å². The lowest BCUT2D eigenvalue weighted by molar-refractivity contribution is 0.0256. The van der Waals surface area contributed by atoms with Crippen molar-refractivity contribution in [1.29, 1.82) is 0 Å². The maximum absolute atomic E-state index is 12.9. The molecular weight excluding hydrogens is 320 g/mol. The summed E-state index contributed by atoms with van der Waals surface area (Å²) in [5, 5.41) is 4.17. The quantitative estimate of drug-likeness (QED) is 0.822. The van der Waals surface area contributed by atoms with E-state index in [1.807, 2.05) is 23.2 Å². The average molecular weight is 344 g/mol. The molecule has 0 aromatic carbocycles. The van der Waals surface area contributed by atoms with Crippen LogP contribution in [0.4, 0.5) is 0 Å². The number of morpholine rings is 1. The first-order chi connectivity index (χ1) is 12.3. The van der Waals surface area contributed by atoms with Gasteiger partial charge < -0.3 is 14.1 Å². The van der Waals surface area contributed by atoms with Crippen molar-refractivity contribution in [3.05, 3.63) is 42.1 Å². The van der Waals surface area contributed by atoms with Crippen molar-refractivity contribution in [2.24, 2.45) is 0 Å². The van der Waals surface area contributed by atoms with Crippen LogP contribution in [0.2, 0.25) is 0 Å². The molecular formula is C18H24N4O3. The van der Waals surface area contributed by atoms with Gasteiger partial charge in [0.1, 0.15) is 5.76 Å². The summed E-state index contributed by atoms with van der Waals surface area (Å²) in [5.74, 6) is 1.18. The topological polar surface area (TPSA) is 63.7 Å². The fraction of sp³-hybridized carbons (Fsp3) is 0.556. The first-order valence-corrected chi connectivity index (χ1v) is 8.97. The summed E-state index contributed by atoms with van der Waals surface area (Å²) in [6, 6.07) is 5.79. The molecule has 2 aliphatic rings. The Morgan fingerprint density at radius 2 is 2.12 bits per heavy atom. The van der Waals surface area contributed by atoms with Crippen LogP contribution in [0.15, 0.2) is 35.0 Å². The molecule has 4 rings (SSSR count). The van der Waals surface area contributed by atoms with E-state index in [-0.39, 0.29) is 11.9 Å². The summed E-state index contributed by atoms with van der Waals surface area (Å²) in [4.78, 5) is 17.3. The molecule has 2 aliphatic heterocycles. The number of hydrogen-bond donors (Lipinski definition) is 0. The van der Waals surface area contributed by atoms with Crippen LogP contribution < -0.4 is 0 Å². The lowest BCUT2D eigenvalue weighted by Gasteiger charge is -2.32. The molecule has 0 aliphatic carbocycles. The maximum Gasteiger partial charge on any atom is 0.289 e. The standard InChI is InChI=1S/C18H24N4O3/c23-18(17-5-4-16(25-17)14-21-7-2-6-19-21)22-8-1-3-15(22)13-20-9-11-24-12-10-20/h2,4-7,15H,1,3,8-14H2/t15-/m1/s1. The highest BCUT2D eigenvalue weighted by molar-refractivity contribution is 5.92. The number of ether oxygens (including phenoxy) is 1. The molecule has 1 atom stereocenters. The zero-order valence-electron chi connectivity index (χ0n) is 14.3. The van der Waals surface area contributed by atoms with Crippen LogP contribution in [0.25, 0.3) is 0 Å². The summed E-state index contributed by atoms with van der Waals surface area (Å²) in [6.45, 7) is 5.75. The molecule has 7 nitrogen and oxygen atoms in total. The van der Waals surface area contributed by atoms with Crippen LogP contribution in [-0.2, 0) is 11.3 Å². The van der Waals surface area contributed by atoms with E-state index in [0.29, 0.717) is 12.3 Å². The lowest BCUT2D eigenvalue weighted by Crippen LogP contribution is -2.46. The minimum Gasteiger partial charge on any atom is -0.454 e. The van der Waals surface area contributed by atoms with Gasteiger partial charge in [-0.25, -0.2) is 0 Å². The second-order valence-corrected chi connectivity index (χ2v) is 6.68. The third kappa shape index (κ3) is 3.77. The predicted octanol–water partition coefficient (Wildman–Crippen LogP) is 1.46. The molecule has 134 valence electrons. The summed E-state index contributed by atoms with van der Waals surface area (Å²) >= 11 is 0. The zero-order chi connectivity index (χ0) is 17.1. The van der Waals surface area contributed by atoms with Gasteiger partial charge in [0, 0.05) is 44.6 Å².